The summed E-state index contributed by atoms with van der Waals surface area (Å²) in [6, 6.07) is 4.05. The molecule has 0 saturated carbocycles. The smallest absolute Gasteiger partial charge is 0.0570 e. The Bertz CT molecular complexity index is 537. The Hall–Kier alpha value is -1.68. The molecular formula is C15H22N4. The van der Waals surface area contributed by atoms with Gasteiger partial charge in [-0.25, -0.2) is 0 Å². The van der Waals surface area contributed by atoms with Gasteiger partial charge in [0.15, 0.2) is 0 Å². The van der Waals surface area contributed by atoms with Crippen molar-refractivity contribution < 1.29 is 0 Å². The van der Waals surface area contributed by atoms with Gasteiger partial charge in [0, 0.05) is 31.0 Å². The number of pyridine rings is 1. The molecule has 0 aliphatic carbocycles. The van der Waals surface area contributed by atoms with Crippen LogP contribution in [-0.2, 0) is 18.6 Å². The summed E-state index contributed by atoms with van der Waals surface area (Å²) < 4.78 is 2.00. The Morgan fingerprint density at radius 2 is 2.05 bits per heavy atom. The lowest BCUT2D eigenvalue weighted by molar-refractivity contribution is 0.355. The second-order valence-corrected chi connectivity index (χ2v) is 5.83. The second-order valence-electron chi connectivity index (χ2n) is 5.83. The van der Waals surface area contributed by atoms with Crippen molar-refractivity contribution in [3.63, 3.8) is 0 Å². The van der Waals surface area contributed by atoms with Gasteiger partial charge in [0.25, 0.3) is 0 Å². The van der Waals surface area contributed by atoms with E-state index in [1.54, 1.807) is 0 Å². The normalized spacial score (nSPS) is 11.8. The number of rotatable bonds is 4. The van der Waals surface area contributed by atoms with Crippen molar-refractivity contribution in [2.45, 2.75) is 46.3 Å². The molecule has 0 aliphatic rings. The molecule has 0 aromatic carbocycles. The number of aromatic nitrogens is 3. The van der Waals surface area contributed by atoms with Gasteiger partial charge in [-0.05, 0) is 39.3 Å². The highest BCUT2D eigenvalue weighted by atomic mass is 15.3. The zero-order valence-corrected chi connectivity index (χ0v) is 12.1. The summed E-state index contributed by atoms with van der Waals surface area (Å²) in [7, 11) is 0. The quantitative estimate of drug-likeness (QED) is 0.916. The molecule has 1 N–H and O–H groups in total. The van der Waals surface area contributed by atoms with Crippen molar-refractivity contribution in [3.05, 3.63) is 47.5 Å². The van der Waals surface area contributed by atoms with E-state index in [2.05, 4.69) is 55.4 Å². The summed E-state index contributed by atoms with van der Waals surface area (Å²) in [5.41, 5.74) is 3.56. The third kappa shape index (κ3) is 3.64. The van der Waals surface area contributed by atoms with Gasteiger partial charge in [-0.15, -0.1) is 0 Å². The van der Waals surface area contributed by atoms with Crippen LogP contribution < -0.4 is 5.32 Å². The molecule has 4 heteroatoms. The van der Waals surface area contributed by atoms with Crippen molar-refractivity contribution in [3.8, 4) is 0 Å². The van der Waals surface area contributed by atoms with Crippen molar-refractivity contribution in [2.75, 3.05) is 0 Å². The fraction of sp³-hybridized carbons (Fsp3) is 0.467. The van der Waals surface area contributed by atoms with Gasteiger partial charge in [-0.2, -0.15) is 5.10 Å². The van der Waals surface area contributed by atoms with E-state index in [-0.39, 0.29) is 5.54 Å². The SMILES string of the molecule is Cc1cccnc1CNCc1cnn(C(C)(C)C)c1. The van der Waals surface area contributed by atoms with Crippen LogP contribution in [0.25, 0.3) is 0 Å². The van der Waals surface area contributed by atoms with Crippen LogP contribution in [0.1, 0.15) is 37.6 Å². The van der Waals surface area contributed by atoms with Gasteiger partial charge in [0.1, 0.15) is 0 Å². The third-order valence-corrected chi connectivity index (χ3v) is 3.06. The fourth-order valence-corrected chi connectivity index (χ4v) is 1.85. The summed E-state index contributed by atoms with van der Waals surface area (Å²) in [6.07, 6.45) is 5.85. The molecule has 2 aromatic rings. The Balaban J connectivity index is 1.90. The zero-order chi connectivity index (χ0) is 13.9. The van der Waals surface area contributed by atoms with Gasteiger partial charge in [0.05, 0.1) is 17.4 Å². The largest absolute Gasteiger partial charge is 0.307 e. The lowest BCUT2D eigenvalue weighted by Crippen LogP contribution is -2.22. The van der Waals surface area contributed by atoms with E-state index in [0.29, 0.717) is 0 Å². The van der Waals surface area contributed by atoms with E-state index in [0.717, 1.165) is 18.8 Å². The minimum atomic E-state index is 0.0375. The fourth-order valence-electron chi connectivity index (χ4n) is 1.85. The molecular weight excluding hydrogens is 236 g/mol. The molecule has 0 unspecified atom stereocenters. The van der Waals surface area contributed by atoms with E-state index in [1.165, 1.54) is 11.1 Å². The van der Waals surface area contributed by atoms with Crippen LogP contribution in [0.15, 0.2) is 30.7 Å². The van der Waals surface area contributed by atoms with Crippen molar-refractivity contribution in [1.29, 1.82) is 0 Å². The van der Waals surface area contributed by atoms with Crippen LogP contribution in [0.3, 0.4) is 0 Å². The van der Waals surface area contributed by atoms with Gasteiger partial charge in [-0.1, -0.05) is 6.07 Å². The lowest BCUT2D eigenvalue weighted by Gasteiger charge is -2.18. The van der Waals surface area contributed by atoms with E-state index in [9.17, 15) is 0 Å². The maximum Gasteiger partial charge on any atom is 0.0570 e. The first-order chi connectivity index (χ1) is 8.97. The Morgan fingerprint density at radius 1 is 1.26 bits per heavy atom. The van der Waals surface area contributed by atoms with Crippen molar-refractivity contribution in [1.82, 2.24) is 20.1 Å². The molecule has 0 bridgehead atoms. The molecule has 0 aliphatic heterocycles. The predicted molar refractivity (Wildman–Crippen MR) is 76.7 cm³/mol. The van der Waals surface area contributed by atoms with Crippen molar-refractivity contribution in [2.24, 2.45) is 0 Å². The maximum atomic E-state index is 4.39. The molecule has 2 heterocycles. The molecule has 2 aromatic heterocycles. The molecule has 102 valence electrons. The Labute approximate surface area is 114 Å². The predicted octanol–water partition coefficient (Wildman–Crippen LogP) is 2.63. The minimum Gasteiger partial charge on any atom is -0.307 e. The maximum absolute atomic E-state index is 4.39. The van der Waals surface area contributed by atoms with E-state index in [4.69, 9.17) is 0 Å². The highest BCUT2D eigenvalue weighted by molar-refractivity contribution is 5.17. The summed E-state index contributed by atoms with van der Waals surface area (Å²) in [4.78, 5) is 4.37. The lowest BCUT2D eigenvalue weighted by atomic mass is 10.1. The number of hydrogen-bond donors (Lipinski definition) is 1. The number of aryl methyl sites for hydroxylation is 1. The first-order valence-electron chi connectivity index (χ1n) is 6.62. The highest BCUT2D eigenvalue weighted by Gasteiger charge is 2.13. The van der Waals surface area contributed by atoms with Crippen LogP contribution in [0.2, 0.25) is 0 Å². The number of nitrogens with one attached hydrogen (secondary N) is 1. The van der Waals surface area contributed by atoms with Gasteiger partial charge >= 0.3 is 0 Å². The number of nitrogens with zero attached hydrogens (tertiary/aromatic N) is 3. The van der Waals surface area contributed by atoms with E-state index < -0.39 is 0 Å². The van der Waals surface area contributed by atoms with E-state index in [1.807, 2.05) is 23.1 Å². The topological polar surface area (TPSA) is 42.7 Å². The number of hydrogen-bond acceptors (Lipinski definition) is 3. The molecule has 0 amide bonds. The van der Waals surface area contributed by atoms with Crippen LogP contribution in [-0.4, -0.2) is 14.8 Å². The van der Waals surface area contributed by atoms with Crippen LogP contribution >= 0.6 is 0 Å². The molecule has 0 spiro atoms. The van der Waals surface area contributed by atoms with Crippen LogP contribution in [0.4, 0.5) is 0 Å². The average molecular weight is 258 g/mol. The monoisotopic (exact) mass is 258 g/mol. The van der Waals surface area contributed by atoms with Gasteiger partial charge in [-0.3, -0.25) is 9.67 Å². The molecule has 4 nitrogen and oxygen atoms in total. The first-order valence-corrected chi connectivity index (χ1v) is 6.62. The summed E-state index contributed by atoms with van der Waals surface area (Å²) in [6.45, 7) is 10.1. The van der Waals surface area contributed by atoms with Gasteiger partial charge in [0.2, 0.25) is 0 Å². The van der Waals surface area contributed by atoms with Crippen LogP contribution in [0, 0.1) is 6.92 Å². The summed E-state index contributed by atoms with van der Waals surface area (Å²) in [5, 5.41) is 7.80. The minimum absolute atomic E-state index is 0.0375. The summed E-state index contributed by atoms with van der Waals surface area (Å²) >= 11 is 0. The molecule has 19 heavy (non-hydrogen) atoms. The molecule has 2 rings (SSSR count). The third-order valence-electron chi connectivity index (χ3n) is 3.06. The Kier molecular flexibility index (Phi) is 4.00. The average Bonchev–Trinajstić information content (AvgIpc) is 2.80. The second kappa shape index (κ2) is 5.53. The zero-order valence-electron chi connectivity index (χ0n) is 12.1. The molecule has 0 atom stereocenters. The van der Waals surface area contributed by atoms with Crippen LogP contribution in [0.5, 0.6) is 0 Å². The summed E-state index contributed by atoms with van der Waals surface area (Å²) in [5.74, 6) is 0. The Morgan fingerprint density at radius 3 is 2.68 bits per heavy atom. The van der Waals surface area contributed by atoms with E-state index >= 15 is 0 Å². The van der Waals surface area contributed by atoms with Crippen molar-refractivity contribution >= 4 is 0 Å². The highest BCUT2D eigenvalue weighted by Crippen LogP contribution is 2.13. The molecule has 0 saturated heterocycles. The standard InChI is InChI=1S/C15H22N4/c1-12-6-5-7-17-14(12)10-16-8-13-9-18-19(11-13)15(2,3)4/h5-7,9,11,16H,8,10H2,1-4H3. The first kappa shape index (κ1) is 13.7. The molecule has 0 radical (unpaired) electrons. The molecule has 0 fully saturated rings. The van der Waals surface area contributed by atoms with Gasteiger partial charge < -0.3 is 5.32 Å².